The molecule has 0 aromatic carbocycles. The Kier molecular flexibility index (Phi) is 7.49. The maximum absolute atomic E-state index is 11.6. The summed E-state index contributed by atoms with van der Waals surface area (Å²) >= 11 is 0. The van der Waals surface area contributed by atoms with E-state index < -0.39 is 0 Å². The van der Waals surface area contributed by atoms with E-state index in [9.17, 15) is 4.79 Å². The lowest BCUT2D eigenvalue weighted by Gasteiger charge is -2.26. The Labute approximate surface area is 108 Å². The van der Waals surface area contributed by atoms with E-state index in [-0.39, 0.29) is 5.41 Å². The van der Waals surface area contributed by atoms with Crippen LogP contribution in [0.25, 0.3) is 0 Å². The van der Waals surface area contributed by atoms with E-state index in [4.69, 9.17) is 0 Å². The number of amides is 1. The summed E-state index contributed by atoms with van der Waals surface area (Å²) in [6, 6.07) is 0.430. The van der Waals surface area contributed by atoms with Crippen LogP contribution in [-0.2, 0) is 4.79 Å². The second kappa shape index (κ2) is 7.73. The van der Waals surface area contributed by atoms with Gasteiger partial charge in [0.2, 0.25) is 5.91 Å². The van der Waals surface area contributed by atoms with E-state index in [0.29, 0.717) is 11.9 Å². The molecule has 0 bridgehead atoms. The molecule has 0 aromatic heterocycles. The molecule has 1 rings (SSSR count). The Balaban J connectivity index is 0.000000557. The van der Waals surface area contributed by atoms with E-state index in [1.807, 2.05) is 4.90 Å². The van der Waals surface area contributed by atoms with Gasteiger partial charge in [-0.25, -0.2) is 0 Å². The SMILES string of the molecule is CCCC.CCCC(C)N1CC(C)(C)CC1=O. The van der Waals surface area contributed by atoms with Crippen LogP contribution in [0.1, 0.15) is 73.6 Å². The summed E-state index contributed by atoms with van der Waals surface area (Å²) in [7, 11) is 0. The van der Waals surface area contributed by atoms with Gasteiger partial charge in [0, 0.05) is 19.0 Å². The largest absolute Gasteiger partial charge is 0.339 e. The van der Waals surface area contributed by atoms with Crippen LogP contribution in [0.15, 0.2) is 0 Å². The van der Waals surface area contributed by atoms with Crippen molar-refractivity contribution in [3.8, 4) is 0 Å². The van der Waals surface area contributed by atoms with Crippen molar-refractivity contribution in [3.05, 3.63) is 0 Å². The van der Waals surface area contributed by atoms with Gasteiger partial charge in [-0.15, -0.1) is 0 Å². The first-order valence-electron chi connectivity index (χ1n) is 7.17. The lowest BCUT2D eigenvalue weighted by Crippen LogP contribution is -2.35. The van der Waals surface area contributed by atoms with Crippen molar-refractivity contribution in [1.82, 2.24) is 4.90 Å². The molecule has 0 spiro atoms. The quantitative estimate of drug-likeness (QED) is 0.721. The number of likely N-dealkylation sites (tertiary alicyclic amines) is 1. The standard InChI is InChI=1S/C11H21NO.C4H10/c1-5-6-9(2)12-8-11(3,4)7-10(12)13;1-3-4-2/h9H,5-8H2,1-4H3;3-4H2,1-2H3. The summed E-state index contributed by atoms with van der Waals surface area (Å²) in [5, 5.41) is 0. The Morgan fingerprint density at radius 2 is 1.71 bits per heavy atom. The van der Waals surface area contributed by atoms with Crippen LogP contribution >= 0.6 is 0 Å². The molecule has 2 heteroatoms. The second-order valence-electron chi connectivity index (χ2n) is 6.00. The molecule has 1 unspecified atom stereocenters. The molecule has 1 amide bonds. The number of nitrogens with zero attached hydrogens (tertiary/aromatic N) is 1. The van der Waals surface area contributed by atoms with Crippen molar-refractivity contribution in [2.45, 2.75) is 79.7 Å². The molecule has 102 valence electrons. The molecule has 0 radical (unpaired) electrons. The number of unbranched alkanes of at least 4 members (excludes halogenated alkanes) is 1. The van der Waals surface area contributed by atoms with Gasteiger partial charge in [0.05, 0.1) is 0 Å². The minimum absolute atomic E-state index is 0.194. The molecule has 1 saturated heterocycles. The van der Waals surface area contributed by atoms with Gasteiger partial charge in [-0.05, 0) is 18.8 Å². The van der Waals surface area contributed by atoms with Crippen molar-refractivity contribution in [3.63, 3.8) is 0 Å². The highest BCUT2D eigenvalue weighted by Gasteiger charge is 2.37. The van der Waals surface area contributed by atoms with Crippen LogP contribution in [0.5, 0.6) is 0 Å². The van der Waals surface area contributed by atoms with Crippen LogP contribution in [0.2, 0.25) is 0 Å². The van der Waals surface area contributed by atoms with E-state index in [0.717, 1.165) is 25.8 Å². The lowest BCUT2D eigenvalue weighted by atomic mass is 9.93. The Morgan fingerprint density at radius 1 is 1.18 bits per heavy atom. The summed E-state index contributed by atoms with van der Waals surface area (Å²) in [5.74, 6) is 0.339. The summed E-state index contributed by atoms with van der Waals surface area (Å²) in [6.07, 6.45) is 5.65. The Bertz CT molecular complexity index is 221. The molecule has 17 heavy (non-hydrogen) atoms. The maximum atomic E-state index is 11.6. The number of rotatable bonds is 4. The van der Waals surface area contributed by atoms with Gasteiger partial charge in [-0.1, -0.05) is 53.9 Å². The highest BCUT2D eigenvalue weighted by molar-refractivity contribution is 5.79. The summed E-state index contributed by atoms with van der Waals surface area (Å²) < 4.78 is 0. The Morgan fingerprint density at radius 3 is 2.00 bits per heavy atom. The molecule has 1 atom stereocenters. The van der Waals surface area contributed by atoms with Gasteiger partial charge < -0.3 is 4.90 Å². The minimum atomic E-state index is 0.194. The molecule has 1 heterocycles. The second-order valence-corrected chi connectivity index (χ2v) is 6.00. The molecule has 0 saturated carbocycles. The minimum Gasteiger partial charge on any atom is -0.339 e. The fraction of sp³-hybridized carbons (Fsp3) is 0.933. The first-order valence-corrected chi connectivity index (χ1v) is 7.17. The topological polar surface area (TPSA) is 20.3 Å². The zero-order valence-corrected chi connectivity index (χ0v) is 12.7. The number of carbonyl (C=O) groups excluding carboxylic acids is 1. The normalized spacial score (nSPS) is 19.9. The van der Waals surface area contributed by atoms with Crippen molar-refractivity contribution >= 4 is 5.91 Å². The zero-order valence-electron chi connectivity index (χ0n) is 12.7. The lowest BCUT2D eigenvalue weighted by molar-refractivity contribution is -0.129. The number of carbonyl (C=O) groups is 1. The molecule has 2 nitrogen and oxygen atoms in total. The first-order chi connectivity index (χ1) is 7.87. The summed E-state index contributed by atoms with van der Waals surface area (Å²) in [4.78, 5) is 13.7. The molecule has 0 aliphatic carbocycles. The van der Waals surface area contributed by atoms with Crippen molar-refractivity contribution < 1.29 is 4.79 Å². The predicted octanol–water partition coefficient (Wildman–Crippen LogP) is 4.24. The third-order valence-corrected chi connectivity index (χ3v) is 3.29. The van der Waals surface area contributed by atoms with Gasteiger partial charge in [-0.3, -0.25) is 4.79 Å². The third-order valence-electron chi connectivity index (χ3n) is 3.29. The zero-order chi connectivity index (χ0) is 13.5. The monoisotopic (exact) mass is 241 g/mol. The molecule has 0 N–H and O–H groups in total. The molecule has 1 aliphatic heterocycles. The van der Waals surface area contributed by atoms with Crippen molar-refractivity contribution in [2.75, 3.05) is 6.54 Å². The fourth-order valence-electron chi connectivity index (χ4n) is 2.09. The average molecular weight is 241 g/mol. The van der Waals surface area contributed by atoms with Gasteiger partial charge in [0.1, 0.15) is 0 Å². The molecular formula is C15H31NO. The fourth-order valence-corrected chi connectivity index (χ4v) is 2.09. The van der Waals surface area contributed by atoms with E-state index >= 15 is 0 Å². The van der Waals surface area contributed by atoms with Gasteiger partial charge >= 0.3 is 0 Å². The molecule has 1 fully saturated rings. The van der Waals surface area contributed by atoms with E-state index in [1.54, 1.807) is 0 Å². The smallest absolute Gasteiger partial charge is 0.223 e. The third kappa shape index (κ3) is 6.09. The van der Waals surface area contributed by atoms with E-state index in [2.05, 4.69) is 41.5 Å². The van der Waals surface area contributed by atoms with Gasteiger partial charge in [-0.2, -0.15) is 0 Å². The van der Waals surface area contributed by atoms with Gasteiger partial charge in [0.15, 0.2) is 0 Å². The summed E-state index contributed by atoms with van der Waals surface area (Å²) in [6.45, 7) is 14.0. The van der Waals surface area contributed by atoms with Crippen LogP contribution < -0.4 is 0 Å². The average Bonchev–Trinajstić information content (AvgIpc) is 2.53. The predicted molar refractivity (Wildman–Crippen MR) is 75.1 cm³/mol. The van der Waals surface area contributed by atoms with Crippen molar-refractivity contribution in [1.29, 1.82) is 0 Å². The highest BCUT2D eigenvalue weighted by Crippen LogP contribution is 2.31. The van der Waals surface area contributed by atoms with Crippen LogP contribution in [-0.4, -0.2) is 23.4 Å². The Hall–Kier alpha value is -0.530. The van der Waals surface area contributed by atoms with Crippen LogP contribution in [0, 0.1) is 5.41 Å². The number of hydrogen-bond donors (Lipinski definition) is 0. The van der Waals surface area contributed by atoms with Crippen molar-refractivity contribution in [2.24, 2.45) is 5.41 Å². The molecule has 1 aliphatic rings. The van der Waals surface area contributed by atoms with Crippen LogP contribution in [0.3, 0.4) is 0 Å². The van der Waals surface area contributed by atoms with Gasteiger partial charge in [0.25, 0.3) is 0 Å². The molecule has 0 aromatic rings. The van der Waals surface area contributed by atoms with E-state index in [1.165, 1.54) is 12.8 Å². The van der Waals surface area contributed by atoms with Crippen LogP contribution in [0.4, 0.5) is 0 Å². The molecular weight excluding hydrogens is 210 g/mol. The summed E-state index contributed by atoms with van der Waals surface area (Å²) in [5.41, 5.74) is 0.194. The highest BCUT2D eigenvalue weighted by atomic mass is 16.2. The maximum Gasteiger partial charge on any atom is 0.223 e. The number of hydrogen-bond acceptors (Lipinski definition) is 1. The first kappa shape index (κ1) is 16.5.